The summed E-state index contributed by atoms with van der Waals surface area (Å²) in [6.45, 7) is 17.1. The van der Waals surface area contributed by atoms with E-state index in [0.717, 1.165) is 56.9 Å². The molecule has 0 spiro atoms. The van der Waals surface area contributed by atoms with Gasteiger partial charge in [-0.1, -0.05) is 73.1 Å². The highest BCUT2D eigenvalue weighted by atomic mass is 16.5. The number of carboxylic acids is 2. The number of hydrogen-bond donors (Lipinski definition) is 5. The first-order valence-electron chi connectivity index (χ1n) is 21.4. The Bertz CT molecular complexity index is 1860. The minimum Gasteiger partial charge on any atom is -0.492 e. The summed E-state index contributed by atoms with van der Waals surface area (Å²) >= 11 is 0. The lowest BCUT2D eigenvalue weighted by molar-refractivity contribution is -0.246. The molecule has 2 aromatic carbocycles. The van der Waals surface area contributed by atoms with Gasteiger partial charge in [-0.25, -0.2) is 4.79 Å². The van der Waals surface area contributed by atoms with Crippen LogP contribution in [0.2, 0.25) is 0 Å². The first kappa shape index (κ1) is 42.7. The molecule has 0 aliphatic heterocycles. The molecule has 6 rings (SSSR count). The average Bonchev–Trinajstić information content (AvgIpc) is 3.16. The van der Waals surface area contributed by atoms with Crippen molar-refractivity contribution < 1.29 is 39.2 Å². The van der Waals surface area contributed by atoms with E-state index in [1.165, 1.54) is 25.0 Å². The van der Waals surface area contributed by atoms with Crippen LogP contribution in [0.1, 0.15) is 151 Å². The van der Waals surface area contributed by atoms with E-state index in [1.54, 1.807) is 24.3 Å². The van der Waals surface area contributed by atoms with Crippen LogP contribution in [0.4, 0.5) is 0 Å². The fourth-order valence-electron chi connectivity index (χ4n) is 13.3. The molecule has 0 bridgehead atoms. The van der Waals surface area contributed by atoms with Crippen LogP contribution in [0, 0.1) is 50.7 Å². The van der Waals surface area contributed by atoms with Crippen LogP contribution in [-0.4, -0.2) is 51.8 Å². The molecule has 5 N–H and O–H groups in total. The second kappa shape index (κ2) is 16.0. The van der Waals surface area contributed by atoms with Crippen molar-refractivity contribution in [2.75, 3.05) is 6.61 Å². The number of aromatic carboxylic acids is 1. The van der Waals surface area contributed by atoms with Gasteiger partial charge < -0.3 is 30.7 Å². The first-order valence-corrected chi connectivity index (χ1v) is 21.4. The molecular weight excluding hydrogens is 721 g/mol. The number of carboxylic acid groups (broad SMARTS) is 2. The number of hydrogen-bond acceptors (Lipinski definition) is 6. The fourth-order valence-corrected chi connectivity index (χ4v) is 13.3. The number of ether oxygens (including phenoxy) is 1. The molecule has 9 atom stereocenters. The predicted molar refractivity (Wildman–Crippen MR) is 219 cm³/mol. The molecule has 57 heavy (non-hydrogen) atoms. The third-order valence-electron chi connectivity index (χ3n) is 16.6. The average molecular weight is 787 g/mol. The van der Waals surface area contributed by atoms with E-state index in [1.807, 2.05) is 6.07 Å². The lowest BCUT2D eigenvalue weighted by Crippen LogP contribution is -2.67. The molecule has 4 saturated carbocycles. The minimum absolute atomic E-state index is 0.0648. The summed E-state index contributed by atoms with van der Waals surface area (Å²) < 4.78 is 5.37. The number of carbonyl (C=O) groups is 4. The zero-order valence-corrected chi connectivity index (χ0v) is 35.2. The van der Waals surface area contributed by atoms with E-state index in [2.05, 4.69) is 59.1 Å². The monoisotopic (exact) mass is 786 g/mol. The largest absolute Gasteiger partial charge is 0.492 e. The van der Waals surface area contributed by atoms with Gasteiger partial charge in [0.2, 0.25) is 5.91 Å². The van der Waals surface area contributed by atoms with Gasteiger partial charge in [0, 0.05) is 18.7 Å². The summed E-state index contributed by atoms with van der Waals surface area (Å²) in [5.74, 6) is -0.602. The van der Waals surface area contributed by atoms with Gasteiger partial charge in [-0.3, -0.25) is 14.4 Å². The fraction of sp³-hybridized carbons (Fsp3) is 0.660. The molecule has 312 valence electrons. The zero-order chi connectivity index (χ0) is 41.6. The Morgan fingerprint density at radius 3 is 2.23 bits per heavy atom. The van der Waals surface area contributed by atoms with Gasteiger partial charge in [-0.05, 0) is 139 Å². The van der Waals surface area contributed by atoms with Crippen molar-refractivity contribution in [3.63, 3.8) is 0 Å². The number of aliphatic carboxylic acids is 1. The van der Waals surface area contributed by atoms with E-state index < -0.39 is 17.4 Å². The SMILES string of the molecule is CCCC1(C(=O)NCc2cccc(C(=O)NCc3ccc(OCCC(=O)O)c(C(=O)O)c3)c2)CC[C@]2(C)C(CCC3C4(C)CCC(O)C(C)(C)C4CCC32C)C1C. The highest BCUT2D eigenvalue weighted by molar-refractivity contribution is 5.94. The third kappa shape index (κ3) is 7.49. The van der Waals surface area contributed by atoms with Crippen LogP contribution >= 0.6 is 0 Å². The van der Waals surface area contributed by atoms with Crippen LogP contribution in [0.25, 0.3) is 0 Å². The topological polar surface area (TPSA) is 162 Å². The number of rotatable bonds is 13. The van der Waals surface area contributed by atoms with Crippen molar-refractivity contribution in [2.24, 2.45) is 50.7 Å². The molecule has 10 heteroatoms. The van der Waals surface area contributed by atoms with Crippen LogP contribution in [0.5, 0.6) is 5.75 Å². The van der Waals surface area contributed by atoms with E-state index in [0.29, 0.717) is 35.4 Å². The number of benzene rings is 2. The number of aliphatic hydroxyl groups excluding tert-OH is 1. The summed E-state index contributed by atoms with van der Waals surface area (Å²) in [6, 6.07) is 11.7. The van der Waals surface area contributed by atoms with E-state index in [-0.39, 0.29) is 76.4 Å². The lowest BCUT2D eigenvalue weighted by Gasteiger charge is -2.72. The highest BCUT2D eigenvalue weighted by Gasteiger charge is 2.69. The molecule has 2 aromatic rings. The third-order valence-corrected chi connectivity index (χ3v) is 16.6. The Kier molecular flexibility index (Phi) is 12.0. The standard InChI is InChI=1S/C47H66N2O8/c1-8-19-47(23-22-45(6)34(29(47)2)13-15-37-44(5)20-17-38(50)43(3,4)36(44)16-21-46(37,45)7)42(56)49-28-30-10-9-11-32(25-30)40(53)48-27-31-12-14-35(33(26-31)41(54)55)57-24-18-39(51)52/h9-12,14,25-26,29,34,36-38,50H,8,13,15-24,27-28H2,1-7H3,(H,48,53)(H,49,56)(H,51,52)(H,54,55)/t29?,34?,36?,37?,38?,44?,45-,46?,47?/m1/s1. The lowest BCUT2D eigenvalue weighted by atomic mass is 9.32. The second-order valence-corrected chi connectivity index (χ2v) is 19.4. The molecule has 8 unspecified atom stereocenters. The van der Waals surface area contributed by atoms with Crippen molar-refractivity contribution in [1.29, 1.82) is 0 Å². The molecule has 0 heterocycles. The van der Waals surface area contributed by atoms with Gasteiger partial charge >= 0.3 is 11.9 Å². The Labute approximate surface area is 338 Å². The molecule has 0 radical (unpaired) electrons. The normalized spacial score (nSPS) is 34.1. The summed E-state index contributed by atoms with van der Waals surface area (Å²) in [4.78, 5) is 50.5. The number of nitrogens with one attached hydrogen (secondary N) is 2. The van der Waals surface area contributed by atoms with Gasteiger partial charge in [0.05, 0.1) is 24.5 Å². The van der Waals surface area contributed by atoms with Gasteiger partial charge in [-0.2, -0.15) is 0 Å². The van der Waals surface area contributed by atoms with E-state index >= 15 is 0 Å². The number of carbonyl (C=O) groups excluding carboxylic acids is 2. The Hall–Kier alpha value is -3.92. The van der Waals surface area contributed by atoms with Crippen molar-refractivity contribution in [3.8, 4) is 5.75 Å². The van der Waals surface area contributed by atoms with E-state index in [4.69, 9.17) is 9.84 Å². The van der Waals surface area contributed by atoms with Crippen molar-refractivity contribution in [3.05, 3.63) is 64.7 Å². The molecule has 10 nitrogen and oxygen atoms in total. The summed E-state index contributed by atoms with van der Waals surface area (Å²) in [5, 5.41) is 35.8. The number of amides is 2. The molecular formula is C47H66N2O8. The smallest absolute Gasteiger partial charge is 0.339 e. The quantitative estimate of drug-likeness (QED) is 0.135. The minimum atomic E-state index is -1.22. The van der Waals surface area contributed by atoms with Crippen molar-refractivity contribution >= 4 is 23.8 Å². The summed E-state index contributed by atoms with van der Waals surface area (Å²) in [7, 11) is 0. The van der Waals surface area contributed by atoms with Gasteiger partial charge in [-0.15, -0.1) is 0 Å². The highest BCUT2D eigenvalue weighted by Crippen LogP contribution is 2.75. The van der Waals surface area contributed by atoms with Crippen molar-refractivity contribution in [1.82, 2.24) is 10.6 Å². The van der Waals surface area contributed by atoms with Gasteiger partial charge in [0.1, 0.15) is 11.3 Å². The van der Waals surface area contributed by atoms with Crippen LogP contribution in [-0.2, 0) is 22.7 Å². The molecule has 2 amide bonds. The maximum absolute atomic E-state index is 14.6. The van der Waals surface area contributed by atoms with E-state index in [9.17, 15) is 29.4 Å². The van der Waals surface area contributed by atoms with Crippen LogP contribution in [0.3, 0.4) is 0 Å². The molecule has 0 saturated heterocycles. The zero-order valence-electron chi connectivity index (χ0n) is 35.2. The van der Waals surface area contributed by atoms with Crippen molar-refractivity contribution in [2.45, 2.75) is 138 Å². The Balaban J connectivity index is 1.11. The molecule has 4 fully saturated rings. The van der Waals surface area contributed by atoms with Gasteiger partial charge in [0.25, 0.3) is 5.91 Å². The molecule has 4 aliphatic carbocycles. The summed E-state index contributed by atoms with van der Waals surface area (Å²) in [5.41, 5.74) is 1.69. The maximum atomic E-state index is 14.6. The summed E-state index contributed by atoms with van der Waals surface area (Å²) in [6.07, 6.45) is 9.85. The Morgan fingerprint density at radius 2 is 1.53 bits per heavy atom. The second-order valence-electron chi connectivity index (χ2n) is 19.4. The number of aliphatic hydroxyl groups is 1. The molecule has 4 aliphatic rings. The maximum Gasteiger partial charge on any atom is 0.339 e. The van der Waals surface area contributed by atoms with Gasteiger partial charge in [0.15, 0.2) is 0 Å². The van der Waals surface area contributed by atoms with Crippen LogP contribution in [0.15, 0.2) is 42.5 Å². The van der Waals surface area contributed by atoms with Crippen LogP contribution < -0.4 is 15.4 Å². The number of fused-ring (bicyclic) bond motifs is 5. The first-order chi connectivity index (χ1) is 26.8. The Morgan fingerprint density at radius 1 is 0.807 bits per heavy atom. The molecule has 0 aromatic heterocycles. The predicted octanol–water partition coefficient (Wildman–Crippen LogP) is 8.64.